The molecule has 1 aromatic rings. The molecular formula is C14H22ClN3O. The Labute approximate surface area is 120 Å². The van der Waals surface area contributed by atoms with Gasteiger partial charge in [0.15, 0.2) is 5.75 Å². The number of rotatable bonds is 4. The number of nitrogens with zero attached hydrogens (tertiary/aromatic N) is 3. The van der Waals surface area contributed by atoms with Crippen molar-refractivity contribution in [3.05, 3.63) is 17.7 Å². The molecule has 19 heavy (non-hydrogen) atoms. The third-order valence-corrected chi connectivity index (χ3v) is 3.70. The van der Waals surface area contributed by atoms with Crippen LogP contribution in [0.15, 0.2) is 6.20 Å². The molecule has 5 heteroatoms. The van der Waals surface area contributed by atoms with Crippen LogP contribution in [0.3, 0.4) is 0 Å². The van der Waals surface area contributed by atoms with Gasteiger partial charge in [-0.2, -0.15) is 0 Å². The summed E-state index contributed by atoms with van der Waals surface area (Å²) in [4.78, 5) is 11.2. The summed E-state index contributed by atoms with van der Waals surface area (Å²) in [6.07, 6.45) is 4.12. The zero-order chi connectivity index (χ0) is 13.8. The Hall–Kier alpha value is -0.870. The van der Waals surface area contributed by atoms with Crippen molar-refractivity contribution in [3.8, 4) is 5.75 Å². The molecule has 1 aliphatic heterocycles. The van der Waals surface area contributed by atoms with E-state index in [-0.39, 0.29) is 6.10 Å². The highest BCUT2D eigenvalue weighted by Crippen LogP contribution is 2.23. The van der Waals surface area contributed by atoms with Gasteiger partial charge in [-0.25, -0.2) is 9.97 Å². The molecule has 1 aliphatic rings. The van der Waals surface area contributed by atoms with Gasteiger partial charge in [0.05, 0.1) is 12.1 Å². The van der Waals surface area contributed by atoms with Crippen LogP contribution >= 0.6 is 11.6 Å². The summed E-state index contributed by atoms with van der Waals surface area (Å²) in [6, 6.07) is 0. The lowest BCUT2D eigenvalue weighted by molar-refractivity contribution is 0.112. The lowest BCUT2D eigenvalue weighted by atomic mass is 10.1. The Morgan fingerprint density at radius 2 is 2.11 bits per heavy atom. The molecule has 106 valence electrons. The lowest BCUT2D eigenvalue weighted by Crippen LogP contribution is -2.35. The second-order valence-electron chi connectivity index (χ2n) is 5.45. The third-order valence-electron chi connectivity index (χ3n) is 3.45. The molecule has 2 heterocycles. The molecule has 0 N–H and O–H groups in total. The Bertz CT molecular complexity index is 417. The number of hydrogen-bond donors (Lipinski definition) is 0. The third kappa shape index (κ3) is 3.80. The van der Waals surface area contributed by atoms with Crippen molar-refractivity contribution in [1.82, 2.24) is 14.9 Å². The van der Waals surface area contributed by atoms with E-state index in [1.165, 1.54) is 0 Å². The van der Waals surface area contributed by atoms with E-state index in [0.29, 0.717) is 11.8 Å². The Kier molecular flexibility index (Phi) is 4.99. The van der Waals surface area contributed by atoms with Crippen LogP contribution in [0.4, 0.5) is 0 Å². The molecule has 1 saturated heterocycles. The van der Waals surface area contributed by atoms with Crippen LogP contribution in [-0.4, -0.2) is 41.1 Å². The fourth-order valence-electron chi connectivity index (χ4n) is 2.18. The number of hydrogen-bond acceptors (Lipinski definition) is 4. The van der Waals surface area contributed by atoms with Gasteiger partial charge in [-0.1, -0.05) is 13.8 Å². The first-order valence-electron chi connectivity index (χ1n) is 6.87. The number of aromatic nitrogens is 2. The molecule has 0 saturated carbocycles. The lowest BCUT2D eigenvalue weighted by Gasteiger charge is -2.29. The minimum absolute atomic E-state index is 0.256. The number of alkyl halides is 1. The van der Waals surface area contributed by atoms with E-state index < -0.39 is 0 Å². The first kappa shape index (κ1) is 14.5. The molecular weight excluding hydrogens is 262 g/mol. The normalized spacial score (nSPS) is 17.9. The van der Waals surface area contributed by atoms with E-state index in [0.717, 1.165) is 43.2 Å². The van der Waals surface area contributed by atoms with Gasteiger partial charge in [-0.05, 0) is 19.9 Å². The fraction of sp³-hybridized carbons (Fsp3) is 0.714. The van der Waals surface area contributed by atoms with Crippen LogP contribution in [0, 0.1) is 0 Å². The van der Waals surface area contributed by atoms with E-state index in [1.54, 1.807) is 6.20 Å². The molecule has 0 atom stereocenters. The smallest absolute Gasteiger partial charge is 0.160 e. The summed E-state index contributed by atoms with van der Waals surface area (Å²) < 4.78 is 6.02. The molecule has 0 aromatic carbocycles. The maximum absolute atomic E-state index is 6.02. The van der Waals surface area contributed by atoms with Gasteiger partial charge >= 0.3 is 0 Å². The maximum Gasteiger partial charge on any atom is 0.160 e. The largest absolute Gasteiger partial charge is 0.487 e. The minimum atomic E-state index is 0.256. The van der Waals surface area contributed by atoms with Crippen molar-refractivity contribution in [2.75, 3.05) is 20.1 Å². The standard InChI is InChI=1S/C14H22ClN3O/c1-10(2)14-16-9-13(12(8-15)17-14)19-11-4-6-18(3)7-5-11/h9-11H,4-8H2,1-3H3. The maximum atomic E-state index is 6.02. The summed E-state index contributed by atoms with van der Waals surface area (Å²) >= 11 is 5.97. The van der Waals surface area contributed by atoms with Crippen LogP contribution in [0.2, 0.25) is 0 Å². The highest BCUT2D eigenvalue weighted by Gasteiger charge is 2.20. The minimum Gasteiger partial charge on any atom is -0.487 e. The monoisotopic (exact) mass is 283 g/mol. The number of piperidine rings is 1. The summed E-state index contributed by atoms with van der Waals surface area (Å²) in [5.74, 6) is 2.24. The zero-order valence-electron chi connectivity index (χ0n) is 11.9. The van der Waals surface area contributed by atoms with Crippen molar-refractivity contribution in [2.24, 2.45) is 0 Å². The van der Waals surface area contributed by atoms with Gasteiger partial charge in [0.2, 0.25) is 0 Å². The van der Waals surface area contributed by atoms with Gasteiger partial charge in [0, 0.05) is 19.0 Å². The van der Waals surface area contributed by atoms with Crippen LogP contribution < -0.4 is 4.74 Å². The second-order valence-corrected chi connectivity index (χ2v) is 5.72. The Morgan fingerprint density at radius 1 is 1.42 bits per heavy atom. The van der Waals surface area contributed by atoms with E-state index in [1.807, 2.05) is 0 Å². The summed E-state index contributed by atoms with van der Waals surface area (Å²) in [7, 11) is 2.14. The molecule has 0 amide bonds. The average molecular weight is 284 g/mol. The van der Waals surface area contributed by atoms with E-state index >= 15 is 0 Å². The molecule has 0 unspecified atom stereocenters. The van der Waals surface area contributed by atoms with E-state index in [9.17, 15) is 0 Å². The molecule has 0 aliphatic carbocycles. The molecule has 0 radical (unpaired) electrons. The number of likely N-dealkylation sites (tertiary alicyclic amines) is 1. The Balaban J connectivity index is 2.07. The zero-order valence-corrected chi connectivity index (χ0v) is 12.7. The quantitative estimate of drug-likeness (QED) is 0.797. The van der Waals surface area contributed by atoms with Crippen LogP contribution in [0.25, 0.3) is 0 Å². The summed E-state index contributed by atoms with van der Waals surface area (Å²) in [5.41, 5.74) is 0.805. The highest BCUT2D eigenvalue weighted by atomic mass is 35.5. The van der Waals surface area contributed by atoms with Gasteiger partial charge in [-0.15, -0.1) is 11.6 Å². The number of ether oxygens (including phenoxy) is 1. The predicted molar refractivity (Wildman–Crippen MR) is 76.8 cm³/mol. The van der Waals surface area contributed by atoms with E-state index in [4.69, 9.17) is 16.3 Å². The molecule has 1 aromatic heterocycles. The highest BCUT2D eigenvalue weighted by molar-refractivity contribution is 6.17. The molecule has 1 fully saturated rings. The van der Waals surface area contributed by atoms with Crippen molar-refractivity contribution in [2.45, 2.75) is 44.6 Å². The first-order valence-corrected chi connectivity index (χ1v) is 7.40. The summed E-state index contributed by atoms with van der Waals surface area (Å²) in [5, 5.41) is 0. The first-order chi connectivity index (χ1) is 9.10. The topological polar surface area (TPSA) is 38.2 Å². The van der Waals surface area contributed by atoms with Crippen molar-refractivity contribution in [3.63, 3.8) is 0 Å². The van der Waals surface area contributed by atoms with Crippen LogP contribution in [0.5, 0.6) is 5.75 Å². The van der Waals surface area contributed by atoms with Gasteiger partial charge in [-0.3, -0.25) is 0 Å². The van der Waals surface area contributed by atoms with Crippen LogP contribution in [0.1, 0.15) is 44.1 Å². The number of halogens is 1. The van der Waals surface area contributed by atoms with Crippen LogP contribution in [-0.2, 0) is 5.88 Å². The molecule has 2 rings (SSSR count). The van der Waals surface area contributed by atoms with E-state index in [2.05, 4.69) is 35.8 Å². The summed E-state index contributed by atoms with van der Waals surface area (Å²) in [6.45, 7) is 6.30. The predicted octanol–water partition coefficient (Wildman–Crippen LogP) is 2.81. The van der Waals surface area contributed by atoms with Crippen molar-refractivity contribution < 1.29 is 4.74 Å². The second kappa shape index (κ2) is 6.53. The van der Waals surface area contributed by atoms with Crippen molar-refractivity contribution >= 4 is 11.6 Å². The molecule has 0 bridgehead atoms. The van der Waals surface area contributed by atoms with Gasteiger partial charge in [0.1, 0.15) is 17.6 Å². The average Bonchev–Trinajstić information content (AvgIpc) is 2.41. The molecule has 0 spiro atoms. The van der Waals surface area contributed by atoms with Gasteiger partial charge < -0.3 is 9.64 Å². The van der Waals surface area contributed by atoms with Crippen molar-refractivity contribution in [1.29, 1.82) is 0 Å². The SMILES string of the molecule is CC(C)c1ncc(OC2CCN(C)CC2)c(CCl)n1. The fourth-order valence-corrected chi connectivity index (χ4v) is 2.37. The Morgan fingerprint density at radius 3 is 2.68 bits per heavy atom. The van der Waals surface area contributed by atoms with Gasteiger partial charge in [0.25, 0.3) is 0 Å². The molecule has 4 nitrogen and oxygen atoms in total.